The number of thiazole rings is 1. The van der Waals surface area contributed by atoms with Crippen molar-refractivity contribution in [3.63, 3.8) is 0 Å². The molecule has 0 bridgehead atoms. The number of carboxylic acid groups (broad SMARTS) is 1. The normalized spacial score (nSPS) is 11.3. The highest BCUT2D eigenvalue weighted by atomic mass is 32.1. The molecule has 2 heterocycles. The number of carbonyl (C=O) groups is 1. The number of rotatable bonds is 4. The predicted octanol–water partition coefficient (Wildman–Crippen LogP) is 4.17. The maximum Gasteiger partial charge on any atom is 0.354 e. The van der Waals surface area contributed by atoms with Crippen LogP contribution in [0, 0.1) is 13.8 Å². The Balaban J connectivity index is 2.15. The van der Waals surface area contributed by atoms with Crippen LogP contribution in [0.3, 0.4) is 0 Å². The van der Waals surface area contributed by atoms with E-state index in [9.17, 15) is 9.90 Å². The molecule has 0 radical (unpaired) electrons. The summed E-state index contributed by atoms with van der Waals surface area (Å²) in [6, 6.07) is 7.71. The molecule has 5 nitrogen and oxygen atoms in total. The molecule has 0 aliphatic rings. The van der Waals surface area contributed by atoms with Gasteiger partial charge in [-0.3, -0.25) is 4.40 Å². The van der Waals surface area contributed by atoms with Gasteiger partial charge in [0.2, 0.25) is 0 Å². The summed E-state index contributed by atoms with van der Waals surface area (Å²) in [7, 11) is 0. The molecule has 120 valence electrons. The molecule has 0 aliphatic carbocycles. The van der Waals surface area contributed by atoms with Crippen molar-refractivity contribution in [3.8, 4) is 17.0 Å². The standard InChI is InChI=1S/C17H18N2O3S/c1-9(2)22-13-7-5-12(6-8-13)15-11(4)23-17-18-10(3)14(16(20)21)19(15)17/h5-9H,1-4H3,(H,20,21). The molecule has 0 spiro atoms. The van der Waals surface area contributed by atoms with E-state index >= 15 is 0 Å². The van der Waals surface area contributed by atoms with Gasteiger partial charge in [0.05, 0.1) is 17.5 Å². The minimum Gasteiger partial charge on any atom is -0.491 e. The Hall–Kier alpha value is -2.34. The average molecular weight is 330 g/mol. The van der Waals surface area contributed by atoms with Crippen molar-refractivity contribution in [2.24, 2.45) is 0 Å². The molecule has 0 atom stereocenters. The Bertz CT molecular complexity index is 876. The zero-order valence-electron chi connectivity index (χ0n) is 13.5. The van der Waals surface area contributed by atoms with Crippen LogP contribution in [0.4, 0.5) is 0 Å². The molecule has 0 amide bonds. The van der Waals surface area contributed by atoms with Crippen LogP contribution < -0.4 is 4.74 Å². The summed E-state index contributed by atoms with van der Waals surface area (Å²) in [6.45, 7) is 7.66. The van der Waals surface area contributed by atoms with Crippen molar-refractivity contribution >= 4 is 22.3 Å². The SMILES string of the molecule is Cc1nc2sc(C)c(-c3ccc(OC(C)C)cc3)n2c1C(=O)O. The van der Waals surface area contributed by atoms with E-state index in [2.05, 4.69) is 4.98 Å². The third-order valence-electron chi connectivity index (χ3n) is 3.52. The van der Waals surface area contributed by atoms with Gasteiger partial charge in [-0.1, -0.05) is 0 Å². The second-order valence-corrected chi connectivity index (χ2v) is 6.85. The minimum atomic E-state index is -0.964. The van der Waals surface area contributed by atoms with Gasteiger partial charge in [-0.05, 0) is 57.5 Å². The van der Waals surface area contributed by atoms with Gasteiger partial charge in [0.1, 0.15) is 5.75 Å². The molecule has 0 saturated carbocycles. The highest BCUT2D eigenvalue weighted by Crippen LogP contribution is 2.34. The fraction of sp³-hybridized carbons (Fsp3) is 0.294. The zero-order chi connectivity index (χ0) is 16.7. The monoisotopic (exact) mass is 330 g/mol. The lowest BCUT2D eigenvalue weighted by molar-refractivity contribution is 0.0688. The van der Waals surface area contributed by atoms with Crippen molar-refractivity contribution in [3.05, 3.63) is 40.5 Å². The molecule has 0 saturated heterocycles. The summed E-state index contributed by atoms with van der Waals surface area (Å²) in [5.41, 5.74) is 2.58. The number of fused-ring (bicyclic) bond motifs is 1. The van der Waals surface area contributed by atoms with E-state index in [0.29, 0.717) is 10.7 Å². The van der Waals surface area contributed by atoms with E-state index in [1.165, 1.54) is 11.3 Å². The number of hydrogen-bond donors (Lipinski definition) is 1. The number of aryl methyl sites for hydroxylation is 2. The number of aromatic carboxylic acids is 1. The number of ether oxygens (including phenoxy) is 1. The summed E-state index contributed by atoms with van der Waals surface area (Å²) in [5.74, 6) is -0.165. The molecule has 1 N–H and O–H groups in total. The Morgan fingerprint density at radius 1 is 1.26 bits per heavy atom. The maximum absolute atomic E-state index is 11.6. The summed E-state index contributed by atoms with van der Waals surface area (Å²) in [4.78, 5) is 17.7. The molecule has 0 aliphatic heterocycles. The van der Waals surface area contributed by atoms with Gasteiger partial charge >= 0.3 is 5.97 Å². The first-order valence-electron chi connectivity index (χ1n) is 7.37. The predicted molar refractivity (Wildman–Crippen MR) is 90.7 cm³/mol. The Labute approximate surface area is 138 Å². The molecule has 23 heavy (non-hydrogen) atoms. The topological polar surface area (TPSA) is 63.8 Å². The van der Waals surface area contributed by atoms with Crippen molar-refractivity contribution in [1.82, 2.24) is 9.38 Å². The van der Waals surface area contributed by atoms with Gasteiger partial charge in [0, 0.05) is 4.88 Å². The fourth-order valence-corrected chi connectivity index (χ4v) is 3.70. The van der Waals surface area contributed by atoms with Crippen LogP contribution in [0.5, 0.6) is 5.75 Å². The van der Waals surface area contributed by atoms with Gasteiger partial charge in [0.25, 0.3) is 0 Å². The van der Waals surface area contributed by atoms with Crippen molar-refractivity contribution in [1.29, 1.82) is 0 Å². The molecular weight excluding hydrogens is 312 g/mol. The Kier molecular flexibility index (Phi) is 3.85. The van der Waals surface area contributed by atoms with E-state index < -0.39 is 5.97 Å². The lowest BCUT2D eigenvalue weighted by atomic mass is 10.1. The third kappa shape index (κ3) is 2.70. The molecule has 3 aromatic rings. The van der Waals surface area contributed by atoms with E-state index in [1.807, 2.05) is 45.0 Å². The van der Waals surface area contributed by atoms with Crippen LogP contribution >= 0.6 is 11.3 Å². The number of carboxylic acids is 1. The highest BCUT2D eigenvalue weighted by Gasteiger charge is 2.22. The first-order chi connectivity index (χ1) is 10.9. The lowest BCUT2D eigenvalue weighted by Gasteiger charge is -2.10. The second-order valence-electron chi connectivity index (χ2n) is 5.67. The Morgan fingerprint density at radius 2 is 1.91 bits per heavy atom. The molecule has 1 aromatic carbocycles. The number of nitrogens with zero attached hydrogens (tertiary/aromatic N) is 2. The number of aromatic nitrogens is 2. The van der Waals surface area contributed by atoms with Gasteiger partial charge in [-0.2, -0.15) is 0 Å². The maximum atomic E-state index is 11.6. The number of benzene rings is 1. The lowest BCUT2D eigenvalue weighted by Crippen LogP contribution is -2.06. The molecule has 0 fully saturated rings. The van der Waals surface area contributed by atoms with Gasteiger partial charge in [-0.15, -0.1) is 11.3 Å². The largest absolute Gasteiger partial charge is 0.491 e. The average Bonchev–Trinajstić information content (AvgIpc) is 2.92. The highest BCUT2D eigenvalue weighted by molar-refractivity contribution is 7.17. The first-order valence-corrected chi connectivity index (χ1v) is 8.19. The van der Waals surface area contributed by atoms with E-state index in [-0.39, 0.29) is 11.8 Å². The molecule has 6 heteroatoms. The summed E-state index contributed by atoms with van der Waals surface area (Å²) >= 11 is 1.50. The summed E-state index contributed by atoms with van der Waals surface area (Å²) < 4.78 is 7.39. The van der Waals surface area contributed by atoms with Crippen LogP contribution in [0.15, 0.2) is 24.3 Å². The van der Waals surface area contributed by atoms with Crippen LogP contribution in [-0.4, -0.2) is 26.6 Å². The quantitative estimate of drug-likeness (QED) is 0.780. The molecule has 0 unspecified atom stereocenters. The van der Waals surface area contributed by atoms with Crippen molar-refractivity contribution < 1.29 is 14.6 Å². The molecule has 3 rings (SSSR count). The van der Waals surface area contributed by atoms with E-state index in [4.69, 9.17) is 4.74 Å². The van der Waals surface area contributed by atoms with Crippen LogP contribution in [0.25, 0.3) is 16.2 Å². The summed E-state index contributed by atoms with van der Waals surface area (Å²) in [6.07, 6.45) is 0.116. The van der Waals surface area contributed by atoms with Gasteiger partial charge < -0.3 is 9.84 Å². The molecule has 2 aromatic heterocycles. The van der Waals surface area contributed by atoms with Crippen LogP contribution in [0.2, 0.25) is 0 Å². The van der Waals surface area contributed by atoms with Crippen LogP contribution in [0.1, 0.15) is 34.9 Å². The van der Waals surface area contributed by atoms with E-state index in [0.717, 1.165) is 21.9 Å². The number of imidazole rings is 1. The zero-order valence-corrected chi connectivity index (χ0v) is 14.3. The van der Waals surface area contributed by atoms with Gasteiger partial charge in [-0.25, -0.2) is 9.78 Å². The smallest absolute Gasteiger partial charge is 0.354 e. The minimum absolute atomic E-state index is 0.116. The fourth-order valence-electron chi connectivity index (χ4n) is 2.67. The summed E-state index contributed by atoms with van der Waals surface area (Å²) in [5, 5.41) is 9.50. The third-order valence-corrected chi connectivity index (χ3v) is 4.48. The van der Waals surface area contributed by atoms with E-state index in [1.54, 1.807) is 11.3 Å². The van der Waals surface area contributed by atoms with Gasteiger partial charge in [0.15, 0.2) is 10.7 Å². The first kappa shape index (κ1) is 15.6. The van der Waals surface area contributed by atoms with Crippen molar-refractivity contribution in [2.45, 2.75) is 33.8 Å². The second kappa shape index (κ2) is 5.70. The molecular formula is C17H18N2O3S. The Morgan fingerprint density at radius 3 is 2.48 bits per heavy atom. The number of hydrogen-bond acceptors (Lipinski definition) is 4. The van der Waals surface area contributed by atoms with Crippen LogP contribution in [-0.2, 0) is 0 Å². The van der Waals surface area contributed by atoms with Crippen molar-refractivity contribution in [2.75, 3.05) is 0 Å².